The Labute approximate surface area is 120 Å². The molecular formula is C10H11BrClN3O2S. The molecule has 0 saturated heterocycles. The summed E-state index contributed by atoms with van der Waals surface area (Å²) in [6.45, 7) is 2.11. The molecule has 0 radical (unpaired) electrons. The molecule has 0 aliphatic rings. The minimum atomic E-state index is -3.72. The molecule has 0 N–H and O–H groups in total. The Morgan fingerprint density at radius 1 is 1.61 bits per heavy atom. The summed E-state index contributed by atoms with van der Waals surface area (Å²) >= 11 is 8.97. The normalized spacial score (nSPS) is 11.5. The van der Waals surface area contributed by atoms with Crippen molar-refractivity contribution in [1.29, 1.82) is 5.26 Å². The summed E-state index contributed by atoms with van der Waals surface area (Å²) in [6.07, 6.45) is 1.55. The van der Waals surface area contributed by atoms with E-state index < -0.39 is 10.0 Å². The van der Waals surface area contributed by atoms with Gasteiger partial charge >= 0.3 is 0 Å². The van der Waals surface area contributed by atoms with Gasteiger partial charge in [0.15, 0.2) is 0 Å². The molecule has 0 bridgehead atoms. The van der Waals surface area contributed by atoms with Crippen LogP contribution in [0.2, 0.25) is 5.15 Å². The van der Waals surface area contributed by atoms with Gasteiger partial charge in [-0.1, -0.05) is 18.5 Å². The summed E-state index contributed by atoms with van der Waals surface area (Å²) in [5.74, 6) is 0. The van der Waals surface area contributed by atoms with Gasteiger partial charge in [0.05, 0.1) is 6.07 Å². The predicted octanol–water partition coefficient (Wildman–Crippen LogP) is 2.42. The van der Waals surface area contributed by atoms with E-state index in [0.29, 0.717) is 4.47 Å². The molecule has 0 atom stereocenters. The standard InChI is InChI=1S/C10H11BrClN3O2S/c1-2-15(5-3-4-13)18(16,17)9-6-8(11)7-14-10(9)12/h6-7H,2-3,5H2,1H3. The van der Waals surface area contributed by atoms with Gasteiger partial charge in [-0.2, -0.15) is 9.57 Å². The van der Waals surface area contributed by atoms with E-state index in [0.717, 1.165) is 0 Å². The Bertz CT molecular complexity index is 571. The van der Waals surface area contributed by atoms with Crippen LogP contribution in [0.1, 0.15) is 13.3 Å². The smallest absolute Gasteiger partial charge is 0.242 e. The van der Waals surface area contributed by atoms with Crippen LogP contribution in [0.3, 0.4) is 0 Å². The quantitative estimate of drug-likeness (QED) is 0.763. The van der Waals surface area contributed by atoms with Crippen molar-refractivity contribution in [2.75, 3.05) is 13.1 Å². The lowest BCUT2D eigenvalue weighted by atomic mass is 10.5. The van der Waals surface area contributed by atoms with E-state index in [-0.39, 0.29) is 29.6 Å². The molecule has 5 nitrogen and oxygen atoms in total. The fourth-order valence-corrected chi connectivity index (χ4v) is 3.72. The fraction of sp³-hybridized carbons (Fsp3) is 0.400. The van der Waals surface area contributed by atoms with Gasteiger partial charge in [0, 0.05) is 30.2 Å². The molecular weight excluding hydrogens is 342 g/mol. The second-order valence-electron chi connectivity index (χ2n) is 3.35. The SMILES string of the molecule is CCN(CCC#N)S(=O)(=O)c1cc(Br)cnc1Cl. The van der Waals surface area contributed by atoms with Gasteiger partial charge < -0.3 is 0 Å². The molecule has 1 rings (SSSR count). The summed E-state index contributed by atoms with van der Waals surface area (Å²) in [6, 6.07) is 3.32. The predicted molar refractivity (Wildman–Crippen MR) is 71.6 cm³/mol. The summed E-state index contributed by atoms with van der Waals surface area (Å²) < 4.78 is 26.4. The third-order valence-corrected chi connectivity index (χ3v) is 5.05. The molecule has 0 amide bonds. The summed E-state index contributed by atoms with van der Waals surface area (Å²) in [4.78, 5) is 3.73. The average Bonchev–Trinajstić information content (AvgIpc) is 2.33. The number of sulfonamides is 1. The number of rotatable bonds is 5. The number of hydrogen-bond acceptors (Lipinski definition) is 4. The van der Waals surface area contributed by atoms with Gasteiger partial charge in [-0.25, -0.2) is 13.4 Å². The summed E-state index contributed by atoms with van der Waals surface area (Å²) in [5.41, 5.74) is 0. The molecule has 0 aliphatic carbocycles. The number of nitriles is 1. The molecule has 0 spiro atoms. The van der Waals surface area contributed by atoms with Crippen molar-refractivity contribution < 1.29 is 8.42 Å². The van der Waals surface area contributed by atoms with Crippen LogP contribution in [-0.4, -0.2) is 30.8 Å². The molecule has 0 unspecified atom stereocenters. The third-order valence-electron chi connectivity index (χ3n) is 2.22. The molecule has 0 saturated carbocycles. The largest absolute Gasteiger partial charge is 0.246 e. The zero-order chi connectivity index (χ0) is 13.8. The zero-order valence-corrected chi connectivity index (χ0v) is 12.8. The maximum atomic E-state index is 12.3. The van der Waals surface area contributed by atoms with Crippen molar-refractivity contribution in [3.8, 4) is 6.07 Å². The first-order valence-corrected chi connectivity index (χ1v) is 7.72. The van der Waals surface area contributed by atoms with E-state index in [9.17, 15) is 8.42 Å². The molecule has 0 aliphatic heterocycles. The fourth-order valence-electron chi connectivity index (χ4n) is 1.35. The maximum absolute atomic E-state index is 12.3. The Morgan fingerprint density at radius 2 is 2.28 bits per heavy atom. The Morgan fingerprint density at radius 3 is 2.83 bits per heavy atom. The van der Waals surface area contributed by atoms with Crippen LogP contribution in [0.15, 0.2) is 21.6 Å². The highest BCUT2D eigenvalue weighted by Gasteiger charge is 2.26. The molecule has 98 valence electrons. The second-order valence-corrected chi connectivity index (χ2v) is 6.53. The van der Waals surface area contributed by atoms with Crippen molar-refractivity contribution >= 4 is 37.6 Å². The molecule has 8 heteroatoms. The van der Waals surface area contributed by atoms with E-state index in [1.807, 2.05) is 6.07 Å². The molecule has 1 heterocycles. The van der Waals surface area contributed by atoms with Gasteiger partial charge in [0.25, 0.3) is 0 Å². The van der Waals surface area contributed by atoms with Crippen molar-refractivity contribution in [3.05, 3.63) is 21.9 Å². The van der Waals surface area contributed by atoms with Crippen LogP contribution in [0.5, 0.6) is 0 Å². The summed E-state index contributed by atoms with van der Waals surface area (Å²) in [5, 5.41) is 8.45. The minimum Gasteiger partial charge on any atom is -0.242 e. The maximum Gasteiger partial charge on any atom is 0.246 e. The monoisotopic (exact) mass is 351 g/mol. The summed E-state index contributed by atoms with van der Waals surface area (Å²) in [7, 11) is -3.72. The highest BCUT2D eigenvalue weighted by atomic mass is 79.9. The molecule has 1 aromatic heterocycles. The topological polar surface area (TPSA) is 74.1 Å². The van der Waals surface area contributed by atoms with Gasteiger partial charge in [0.1, 0.15) is 10.0 Å². The number of nitrogens with zero attached hydrogens (tertiary/aromatic N) is 3. The van der Waals surface area contributed by atoms with E-state index >= 15 is 0 Å². The Hall–Kier alpha value is -0.680. The van der Waals surface area contributed by atoms with Crippen molar-refractivity contribution in [2.24, 2.45) is 0 Å². The lowest BCUT2D eigenvalue weighted by Crippen LogP contribution is -2.32. The number of aromatic nitrogens is 1. The van der Waals surface area contributed by atoms with Gasteiger partial charge in [0.2, 0.25) is 10.0 Å². The minimum absolute atomic E-state index is 0.0571. The first-order valence-electron chi connectivity index (χ1n) is 5.11. The molecule has 0 aromatic carbocycles. The third kappa shape index (κ3) is 3.42. The van der Waals surface area contributed by atoms with E-state index in [1.54, 1.807) is 6.92 Å². The van der Waals surface area contributed by atoms with Crippen LogP contribution in [-0.2, 0) is 10.0 Å². The van der Waals surface area contributed by atoms with Crippen molar-refractivity contribution in [3.63, 3.8) is 0 Å². The Kier molecular flexibility index (Phi) is 5.53. The Balaban J connectivity index is 3.19. The lowest BCUT2D eigenvalue weighted by Gasteiger charge is -2.19. The van der Waals surface area contributed by atoms with E-state index in [2.05, 4.69) is 20.9 Å². The number of pyridine rings is 1. The van der Waals surface area contributed by atoms with E-state index in [4.69, 9.17) is 16.9 Å². The van der Waals surface area contributed by atoms with Gasteiger partial charge in [-0.3, -0.25) is 0 Å². The van der Waals surface area contributed by atoms with Gasteiger partial charge in [-0.05, 0) is 22.0 Å². The second kappa shape index (κ2) is 6.48. The molecule has 1 aromatic rings. The number of hydrogen-bond donors (Lipinski definition) is 0. The number of halogens is 2. The molecule has 18 heavy (non-hydrogen) atoms. The first kappa shape index (κ1) is 15.4. The van der Waals surface area contributed by atoms with Gasteiger partial charge in [-0.15, -0.1) is 0 Å². The highest BCUT2D eigenvalue weighted by molar-refractivity contribution is 9.10. The average molecular weight is 353 g/mol. The van der Waals surface area contributed by atoms with Crippen molar-refractivity contribution in [1.82, 2.24) is 9.29 Å². The first-order chi connectivity index (χ1) is 8.43. The molecule has 0 fully saturated rings. The van der Waals surface area contributed by atoms with Crippen LogP contribution in [0.25, 0.3) is 0 Å². The van der Waals surface area contributed by atoms with Crippen molar-refractivity contribution in [2.45, 2.75) is 18.2 Å². The highest BCUT2D eigenvalue weighted by Crippen LogP contribution is 2.25. The van der Waals surface area contributed by atoms with Crippen LogP contribution >= 0.6 is 27.5 Å². The lowest BCUT2D eigenvalue weighted by molar-refractivity contribution is 0.434. The van der Waals surface area contributed by atoms with Crippen LogP contribution in [0.4, 0.5) is 0 Å². The van der Waals surface area contributed by atoms with E-state index in [1.165, 1.54) is 16.6 Å². The van der Waals surface area contributed by atoms with Crippen LogP contribution in [0, 0.1) is 11.3 Å². The van der Waals surface area contributed by atoms with Crippen LogP contribution < -0.4 is 0 Å². The zero-order valence-electron chi connectivity index (χ0n) is 9.60.